The maximum absolute atomic E-state index is 4.05. The third kappa shape index (κ3) is 4.20. The second-order valence-corrected chi connectivity index (χ2v) is 5.53. The molecule has 2 rings (SSSR count). The van der Waals surface area contributed by atoms with Crippen molar-refractivity contribution in [1.29, 1.82) is 0 Å². The molecule has 0 bridgehead atoms. The molecule has 0 spiro atoms. The zero-order valence-corrected chi connectivity index (χ0v) is 12.8. The number of nitrogens with one attached hydrogen (secondary N) is 1. The Bertz CT molecular complexity index is 517. The molecule has 1 N–H and O–H groups in total. The molecule has 0 saturated carbocycles. The summed E-state index contributed by atoms with van der Waals surface area (Å²) in [5.41, 5.74) is 4.11. The van der Waals surface area contributed by atoms with Gasteiger partial charge in [-0.25, -0.2) is 4.98 Å². The number of aryl methyl sites for hydroxylation is 3. The predicted molar refractivity (Wildman–Crippen MR) is 83.8 cm³/mol. The van der Waals surface area contributed by atoms with Crippen LogP contribution in [0.3, 0.4) is 0 Å². The van der Waals surface area contributed by atoms with Crippen LogP contribution in [0.5, 0.6) is 0 Å². The SMILES string of the molecule is Cc1ccc(C(C)NCCCCn2ccnc2)cc1C. The van der Waals surface area contributed by atoms with Crippen molar-refractivity contribution in [3.05, 3.63) is 53.6 Å². The maximum Gasteiger partial charge on any atom is 0.0945 e. The minimum Gasteiger partial charge on any atom is -0.337 e. The van der Waals surface area contributed by atoms with Gasteiger partial charge in [0.25, 0.3) is 0 Å². The van der Waals surface area contributed by atoms with E-state index in [1.165, 1.54) is 29.5 Å². The molecule has 1 aromatic carbocycles. The van der Waals surface area contributed by atoms with Crippen molar-refractivity contribution in [3.8, 4) is 0 Å². The van der Waals surface area contributed by atoms with Crippen LogP contribution in [0, 0.1) is 13.8 Å². The van der Waals surface area contributed by atoms with Crippen LogP contribution in [-0.4, -0.2) is 16.1 Å². The highest BCUT2D eigenvalue weighted by molar-refractivity contribution is 5.31. The summed E-state index contributed by atoms with van der Waals surface area (Å²) in [6, 6.07) is 7.15. The van der Waals surface area contributed by atoms with E-state index in [-0.39, 0.29) is 0 Å². The van der Waals surface area contributed by atoms with E-state index in [1.54, 1.807) is 0 Å². The topological polar surface area (TPSA) is 29.9 Å². The van der Waals surface area contributed by atoms with E-state index in [0.29, 0.717) is 6.04 Å². The molecule has 0 aliphatic rings. The van der Waals surface area contributed by atoms with Gasteiger partial charge in [0, 0.05) is 25.0 Å². The third-order valence-electron chi connectivity index (χ3n) is 3.88. The van der Waals surface area contributed by atoms with Gasteiger partial charge in [0.1, 0.15) is 0 Å². The average Bonchev–Trinajstić information content (AvgIpc) is 2.94. The molecule has 1 unspecified atom stereocenters. The average molecular weight is 271 g/mol. The lowest BCUT2D eigenvalue weighted by molar-refractivity contribution is 0.523. The summed E-state index contributed by atoms with van der Waals surface area (Å²) < 4.78 is 2.13. The van der Waals surface area contributed by atoms with Crippen LogP contribution in [-0.2, 0) is 6.54 Å². The van der Waals surface area contributed by atoms with E-state index >= 15 is 0 Å². The van der Waals surface area contributed by atoms with Crippen molar-refractivity contribution in [3.63, 3.8) is 0 Å². The number of nitrogens with zero attached hydrogens (tertiary/aromatic N) is 2. The van der Waals surface area contributed by atoms with Crippen molar-refractivity contribution in [2.75, 3.05) is 6.54 Å². The first-order chi connectivity index (χ1) is 9.66. The highest BCUT2D eigenvalue weighted by Crippen LogP contribution is 2.16. The van der Waals surface area contributed by atoms with Gasteiger partial charge in [-0.15, -0.1) is 0 Å². The first-order valence-electron chi connectivity index (χ1n) is 7.43. The van der Waals surface area contributed by atoms with Crippen LogP contribution in [0.2, 0.25) is 0 Å². The van der Waals surface area contributed by atoms with E-state index in [0.717, 1.165) is 13.1 Å². The molecule has 0 amide bonds. The summed E-state index contributed by atoms with van der Waals surface area (Å²) in [7, 11) is 0. The van der Waals surface area contributed by atoms with Gasteiger partial charge in [0.15, 0.2) is 0 Å². The molecule has 20 heavy (non-hydrogen) atoms. The minimum atomic E-state index is 0.419. The predicted octanol–water partition coefficient (Wildman–Crippen LogP) is 3.63. The van der Waals surface area contributed by atoms with E-state index in [9.17, 15) is 0 Å². The third-order valence-corrected chi connectivity index (χ3v) is 3.88. The zero-order valence-electron chi connectivity index (χ0n) is 12.8. The van der Waals surface area contributed by atoms with Crippen molar-refractivity contribution in [1.82, 2.24) is 14.9 Å². The molecular formula is C17H25N3. The molecule has 0 radical (unpaired) electrons. The number of imidazole rings is 1. The minimum absolute atomic E-state index is 0.419. The Morgan fingerprint density at radius 2 is 2.05 bits per heavy atom. The summed E-state index contributed by atoms with van der Waals surface area (Å²) in [6.45, 7) is 8.69. The lowest BCUT2D eigenvalue weighted by Crippen LogP contribution is -2.20. The summed E-state index contributed by atoms with van der Waals surface area (Å²) in [5, 5.41) is 3.60. The van der Waals surface area contributed by atoms with E-state index in [1.807, 2.05) is 18.7 Å². The van der Waals surface area contributed by atoms with Crippen molar-refractivity contribution < 1.29 is 0 Å². The molecule has 1 atom stereocenters. The molecule has 0 saturated heterocycles. The second kappa shape index (κ2) is 7.25. The van der Waals surface area contributed by atoms with Crippen LogP contribution in [0.15, 0.2) is 36.9 Å². The summed E-state index contributed by atoms with van der Waals surface area (Å²) >= 11 is 0. The van der Waals surface area contributed by atoms with Gasteiger partial charge in [0.2, 0.25) is 0 Å². The largest absolute Gasteiger partial charge is 0.337 e. The fourth-order valence-corrected chi connectivity index (χ4v) is 2.31. The molecule has 0 aliphatic carbocycles. The molecular weight excluding hydrogens is 246 g/mol. The van der Waals surface area contributed by atoms with Crippen molar-refractivity contribution in [2.24, 2.45) is 0 Å². The number of hydrogen-bond donors (Lipinski definition) is 1. The van der Waals surface area contributed by atoms with E-state index < -0.39 is 0 Å². The molecule has 0 fully saturated rings. The standard InChI is InChI=1S/C17H25N3/c1-14-6-7-17(12-15(14)2)16(3)19-8-4-5-10-20-11-9-18-13-20/h6-7,9,11-13,16,19H,4-5,8,10H2,1-3H3. The molecule has 1 heterocycles. The Hall–Kier alpha value is -1.61. The Morgan fingerprint density at radius 3 is 2.75 bits per heavy atom. The van der Waals surface area contributed by atoms with Gasteiger partial charge >= 0.3 is 0 Å². The lowest BCUT2D eigenvalue weighted by Gasteiger charge is -2.15. The first kappa shape index (κ1) is 14.8. The molecule has 3 nitrogen and oxygen atoms in total. The quantitative estimate of drug-likeness (QED) is 0.779. The van der Waals surface area contributed by atoms with Gasteiger partial charge < -0.3 is 9.88 Å². The molecule has 2 aromatic rings. The van der Waals surface area contributed by atoms with Crippen molar-refractivity contribution >= 4 is 0 Å². The summed E-state index contributed by atoms with van der Waals surface area (Å²) in [6.07, 6.45) is 8.10. The Balaban J connectivity index is 1.69. The fourth-order valence-electron chi connectivity index (χ4n) is 2.31. The van der Waals surface area contributed by atoms with Crippen LogP contribution in [0.25, 0.3) is 0 Å². The normalized spacial score (nSPS) is 12.6. The molecule has 3 heteroatoms. The van der Waals surface area contributed by atoms with Crippen LogP contribution < -0.4 is 5.32 Å². The highest BCUT2D eigenvalue weighted by atomic mass is 15.0. The maximum atomic E-state index is 4.05. The zero-order chi connectivity index (χ0) is 14.4. The van der Waals surface area contributed by atoms with Gasteiger partial charge in [-0.1, -0.05) is 18.2 Å². The Morgan fingerprint density at radius 1 is 1.20 bits per heavy atom. The molecule has 1 aromatic heterocycles. The number of unbranched alkanes of at least 4 members (excludes halogenated alkanes) is 1. The van der Waals surface area contributed by atoms with Crippen molar-refractivity contribution in [2.45, 2.75) is 46.2 Å². The fraction of sp³-hybridized carbons (Fsp3) is 0.471. The van der Waals surface area contributed by atoms with Gasteiger partial charge in [0.05, 0.1) is 6.33 Å². The molecule has 0 aliphatic heterocycles. The number of aromatic nitrogens is 2. The number of rotatable bonds is 7. The summed E-state index contributed by atoms with van der Waals surface area (Å²) in [5.74, 6) is 0. The van der Waals surface area contributed by atoms with E-state index in [2.05, 4.69) is 53.8 Å². The van der Waals surface area contributed by atoms with Crippen LogP contribution in [0.4, 0.5) is 0 Å². The van der Waals surface area contributed by atoms with Gasteiger partial charge in [-0.05, 0) is 56.8 Å². The highest BCUT2D eigenvalue weighted by Gasteiger charge is 2.05. The smallest absolute Gasteiger partial charge is 0.0945 e. The first-order valence-corrected chi connectivity index (χ1v) is 7.43. The summed E-state index contributed by atoms with van der Waals surface area (Å²) in [4.78, 5) is 4.05. The second-order valence-electron chi connectivity index (χ2n) is 5.53. The van der Waals surface area contributed by atoms with Gasteiger partial charge in [-0.2, -0.15) is 0 Å². The Labute approximate surface area is 122 Å². The Kier molecular flexibility index (Phi) is 5.36. The lowest BCUT2D eigenvalue weighted by atomic mass is 10.0. The van der Waals surface area contributed by atoms with E-state index in [4.69, 9.17) is 0 Å². The van der Waals surface area contributed by atoms with Crippen LogP contribution >= 0.6 is 0 Å². The number of hydrogen-bond acceptors (Lipinski definition) is 2. The van der Waals surface area contributed by atoms with Crippen LogP contribution in [0.1, 0.15) is 42.5 Å². The number of benzene rings is 1. The van der Waals surface area contributed by atoms with Gasteiger partial charge in [-0.3, -0.25) is 0 Å². The molecule has 108 valence electrons. The monoisotopic (exact) mass is 271 g/mol.